The Hall–Kier alpha value is -0.870. The van der Waals surface area contributed by atoms with Crippen LogP contribution in [-0.2, 0) is 4.74 Å². The molecule has 4 heteroatoms. The number of hydrogen-bond donors (Lipinski definition) is 1. The molecule has 3 atom stereocenters. The molecule has 0 amide bonds. The molecule has 3 heterocycles. The molecule has 0 saturated carbocycles. The second-order valence-electron chi connectivity index (χ2n) is 5.21. The Morgan fingerprint density at radius 1 is 1.53 bits per heavy atom. The van der Waals surface area contributed by atoms with Crippen molar-refractivity contribution in [1.29, 1.82) is 0 Å². The van der Waals surface area contributed by atoms with E-state index in [2.05, 4.69) is 21.8 Å². The monoisotopic (exact) mass is 235 g/mol. The molecule has 0 radical (unpaired) electrons. The largest absolute Gasteiger partial charge is 0.376 e. The molecule has 2 aliphatic heterocycles. The van der Waals surface area contributed by atoms with Crippen molar-refractivity contribution in [2.24, 2.45) is 0 Å². The molecule has 0 bridgehead atoms. The van der Waals surface area contributed by atoms with E-state index in [9.17, 15) is 0 Å². The van der Waals surface area contributed by atoms with Crippen molar-refractivity contribution >= 4 is 0 Å². The van der Waals surface area contributed by atoms with E-state index in [0.717, 1.165) is 19.7 Å². The highest BCUT2D eigenvalue weighted by atomic mass is 16.5. The fraction of sp³-hybridized carbons (Fsp3) is 0.769. The first-order valence-electron chi connectivity index (χ1n) is 6.70. The lowest BCUT2D eigenvalue weighted by atomic mass is 10.0. The van der Waals surface area contributed by atoms with Gasteiger partial charge < -0.3 is 14.6 Å². The van der Waals surface area contributed by atoms with Crippen molar-refractivity contribution in [1.82, 2.24) is 14.9 Å². The molecule has 1 aromatic heterocycles. The number of hydrogen-bond acceptors (Lipinski definition) is 3. The Bertz CT molecular complexity index is 364. The Kier molecular flexibility index (Phi) is 3.16. The van der Waals surface area contributed by atoms with Gasteiger partial charge in [-0.3, -0.25) is 0 Å². The number of rotatable bonds is 3. The molecule has 2 saturated heterocycles. The molecular formula is C13H21N3O. The van der Waals surface area contributed by atoms with Gasteiger partial charge in [-0.05, 0) is 32.7 Å². The van der Waals surface area contributed by atoms with Gasteiger partial charge in [0.15, 0.2) is 0 Å². The van der Waals surface area contributed by atoms with Crippen LogP contribution < -0.4 is 5.32 Å². The van der Waals surface area contributed by atoms with E-state index in [-0.39, 0.29) is 0 Å². The van der Waals surface area contributed by atoms with Crippen LogP contribution in [0.25, 0.3) is 0 Å². The zero-order valence-corrected chi connectivity index (χ0v) is 10.4. The van der Waals surface area contributed by atoms with Crippen molar-refractivity contribution in [2.45, 2.75) is 44.2 Å². The first kappa shape index (κ1) is 11.2. The van der Waals surface area contributed by atoms with Gasteiger partial charge in [-0.2, -0.15) is 0 Å². The SMILES string of the molecule is CC(C1CCCO1)n1cncc1C1CCNC1. The standard InChI is InChI=1S/C13H21N3O/c1-10(13-3-2-6-17-13)16-9-15-8-12(16)11-4-5-14-7-11/h8-11,13-14H,2-7H2,1H3. The number of aromatic nitrogens is 2. The molecule has 4 nitrogen and oxygen atoms in total. The topological polar surface area (TPSA) is 39.1 Å². The summed E-state index contributed by atoms with van der Waals surface area (Å²) >= 11 is 0. The maximum absolute atomic E-state index is 5.79. The molecule has 2 fully saturated rings. The highest BCUT2D eigenvalue weighted by Gasteiger charge is 2.27. The van der Waals surface area contributed by atoms with Crippen LogP contribution in [-0.4, -0.2) is 35.4 Å². The lowest BCUT2D eigenvalue weighted by molar-refractivity contribution is 0.0721. The fourth-order valence-electron chi connectivity index (χ4n) is 3.04. The minimum Gasteiger partial charge on any atom is -0.376 e. The third-order valence-electron chi connectivity index (χ3n) is 4.12. The normalized spacial score (nSPS) is 30.9. The molecular weight excluding hydrogens is 214 g/mol. The summed E-state index contributed by atoms with van der Waals surface area (Å²) in [7, 11) is 0. The van der Waals surface area contributed by atoms with Crippen LogP contribution in [0.5, 0.6) is 0 Å². The number of imidazole rings is 1. The summed E-state index contributed by atoms with van der Waals surface area (Å²) in [5.41, 5.74) is 1.37. The molecule has 0 spiro atoms. The molecule has 0 aromatic carbocycles. The van der Waals surface area contributed by atoms with Gasteiger partial charge in [0.1, 0.15) is 0 Å². The van der Waals surface area contributed by atoms with Gasteiger partial charge >= 0.3 is 0 Å². The average molecular weight is 235 g/mol. The maximum atomic E-state index is 5.79. The summed E-state index contributed by atoms with van der Waals surface area (Å²) < 4.78 is 8.12. The van der Waals surface area contributed by atoms with E-state index in [4.69, 9.17) is 4.74 Å². The summed E-state index contributed by atoms with van der Waals surface area (Å²) in [6, 6.07) is 0.413. The van der Waals surface area contributed by atoms with Crippen molar-refractivity contribution in [3.8, 4) is 0 Å². The Morgan fingerprint density at radius 3 is 3.18 bits per heavy atom. The third-order valence-corrected chi connectivity index (χ3v) is 4.12. The van der Waals surface area contributed by atoms with Crippen molar-refractivity contribution in [2.75, 3.05) is 19.7 Å². The zero-order valence-electron chi connectivity index (χ0n) is 10.4. The van der Waals surface area contributed by atoms with Crippen molar-refractivity contribution in [3.63, 3.8) is 0 Å². The predicted molar refractivity (Wildman–Crippen MR) is 66.1 cm³/mol. The summed E-state index contributed by atoms with van der Waals surface area (Å²) in [6.07, 6.45) is 7.98. The Labute approximate surface area is 102 Å². The molecule has 0 aliphatic carbocycles. The van der Waals surface area contributed by atoms with E-state index in [1.165, 1.54) is 25.0 Å². The molecule has 17 heavy (non-hydrogen) atoms. The van der Waals surface area contributed by atoms with Gasteiger partial charge in [0.05, 0.1) is 18.5 Å². The van der Waals surface area contributed by atoms with E-state index in [1.54, 1.807) is 0 Å². The van der Waals surface area contributed by atoms with Gasteiger partial charge in [0.2, 0.25) is 0 Å². The van der Waals surface area contributed by atoms with E-state index in [1.807, 2.05) is 12.5 Å². The molecule has 3 unspecified atom stereocenters. The van der Waals surface area contributed by atoms with Crippen LogP contribution in [0.4, 0.5) is 0 Å². The van der Waals surface area contributed by atoms with Gasteiger partial charge in [0, 0.05) is 31.0 Å². The van der Waals surface area contributed by atoms with E-state index < -0.39 is 0 Å². The van der Waals surface area contributed by atoms with E-state index in [0.29, 0.717) is 18.1 Å². The molecule has 3 rings (SSSR count). The maximum Gasteiger partial charge on any atom is 0.0951 e. The van der Waals surface area contributed by atoms with Crippen molar-refractivity contribution in [3.05, 3.63) is 18.2 Å². The second-order valence-corrected chi connectivity index (χ2v) is 5.21. The molecule has 1 aromatic rings. The van der Waals surface area contributed by atoms with Gasteiger partial charge in [-0.15, -0.1) is 0 Å². The molecule has 94 valence electrons. The van der Waals surface area contributed by atoms with Crippen LogP contribution in [0.1, 0.15) is 43.8 Å². The molecule has 1 N–H and O–H groups in total. The minimum absolute atomic E-state index is 0.373. The number of ether oxygens (including phenoxy) is 1. The van der Waals surface area contributed by atoms with Crippen LogP contribution in [0.15, 0.2) is 12.5 Å². The highest BCUT2D eigenvalue weighted by molar-refractivity contribution is 5.11. The quantitative estimate of drug-likeness (QED) is 0.866. The summed E-state index contributed by atoms with van der Waals surface area (Å²) in [5, 5.41) is 3.42. The fourth-order valence-corrected chi connectivity index (χ4v) is 3.04. The Morgan fingerprint density at radius 2 is 2.47 bits per heavy atom. The molecule has 2 aliphatic rings. The number of nitrogens with zero attached hydrogens (tertiary/aromatic N) is 2. The van der Waals surface area contributed by atoms with Crippen molar-refractivity contribution < 1.29 is 4.74 Å². The lowest BCUT2D eigenvalue weighted by Crippen LogP contribution is -2.23. The highest BCUT2D eigenvalue weighted by Crippen LogP contribution is 2.29. The first-order chi connectivity index (χ1) is 8.36. The number of nitrogens with one attached hydrogen (secondary N) is 1. The summed E-state index contributed by atoms with van der Waals surface area (Å²) in [6.45, 7) is 5.39. The average Bonchev–Trinajstić information content (AvgIpc) is 3.09. The van der Waals surface area contributed by atoms with Crippen LogP contribution in [0, 0.1) is 0 Å². The minimum atomic E-state index is 0.373. The Balaban J connectivity index is 1.79. The predicted octanol–water partition coefficient (Wildman–Crippen LogP) is 1.70. The van der Waals surface area contributed by atoms with Crippen LogP contribution >= 0.6 is 0 Å². The summed E-state index contributed by atoms with van der Waals surface area (Å²) in [5.74, 6) is 0.626. The zero-order chi connectivity index (χ0) is 11.7. The van der Waals surface area contributed by atoms with Gasteiger partial charge in [-0.25, -0.2) is 4.98 Å². The van der Waals surface area contributed by atoms with Crippen LogP contribution in [0.2, 0.25) is 0 Å². The van der Waals surface area contributed by atoms with Gasteiger partial charge in [0.25, 0.3) is 0 Å². The van der Waals surface area contributed by atoms with E-state index >= 15 is 0 Å². The first-order valence-corrected chi connectivity index (χ1v) is 6.70. The third kappa shape index (κ3) is 2.11. The smallest absolute Gasteiger partial charge is 0.0951 e. The van der Waals surface area contributed by atoms with Crippen LogP contribution in [0.3, 0.4) is 0 Å². The second kappa shape index (κ2) is 4.78. The summed E-state index contributed by atoms with van der Waals surface area (Å²) in [4.78, 5) is 4.34. The van der Waals surface area contributed by atoms with Gasteiger partial charge in [-0.1, -0.05) is 0 Å². The lowest BCUT2D eigenvalue weighted by Gasteiger charge is -2.24.